The fourth-order valence-corrected chi connectivity index (χ4v) is 2.75. The van der Waals surface area contributed by atoms with Crippen LogP contribution in [-0.4, -0.2) is 48.5 Å². The lowest BCUT2D eigenvalue weighted by atomic mass is 9.88. The van der Waals surface area contributed by atoms with Crippen LogP contribution in [0.25, 0.3) is 0 Å². The molecule has 22 heavy (non-hydrogen) atoms. The third-order valence-corrected chi connectivity index (χ3v) is 3.84. The first-order chi connectivity index (χ1) is 10.6. The molecular formula is C15H18N2O5. The quantitative estimate of drug-likeness (QED) is 0.519. The maximum Gasteiger partial charge on any atom is 0.407 e. The van der Waals surface area contributed by atoms with Crippen LogP contribution in [0.3, 0.4) is 0 Å². The minimum atomic E-state index is -0.915. The number of carbonyl (C=O) groups excluding carboxylic acids is 2. The number of amides is 2. The maximum atomic E-state index is 11.7. The Hall–Kier alpha value is -2.41. The third-order valence-electron chi connectivity index (χ3n) is 3.84. The topological polar surface area (TPSA) is 87.2 Å². The molecule has 0 spiro atoms. The molecule has 1 saturated heterocycles. The van der Waals surface area contributed by atoms with Gasteiger partial charge in [-0.2, -0.15) is 5.06 Å². The lowest BCUT2D eigenvalue weighted by molar-refractivity contribution is -0.133. The fourth-order valence-electron chi connectivity index (χ4n) is 2.75. The van der Waals surface area contributed by atoms with E-state index in [2.05, 4.69) is 0 Å². The first-order valence-corrected chi connectivity index (χ1v) is 6.98. The molecule has 1 aliphatic rings. The van der Waals surface area contributed by atoms with Crippen molar-refractivity contribution < 1.29 is 24.3 Å². The van der Waals surface area contributed by atoms with Crippen molar-refractivity contribution >= 4 is 24.0 Å². The van der Waals surface area contributed by atoms with Crippen molar-refractivity contribution in [1.82, 2.24) is 4.90 Å². The highest BCUT2D eigenvalue weighted by Crippen LogP contribution is 2.34. The van der Waals surface area contributed by atoms with Gasteiger partial charge in [-0.1, -0.05) is 18.2 Å². The van der Waals surface area contributed by atoms with Gasteiger partial charge in [-0.15, -0.1) is 0 Å². The van der Waals surface area contributed by atoms with Crippen LogP contribution in [0, 0.1) is 0 Å². The maximum absolute atomic E-state index is 11.7. The van der Waals surface area contributed by atoms with E-state index in [1.54, 1.807) is 12.1 Å². The van der Waals surface area contributed by atoms with Gasteiger partial charge in [0, 0.05) is 13.1 Å². The Balaban J connectivity index is 2.24. The minimum Gasteiger partial charge on any atom is -0.465 e. The molecule has 7 nitrogen and oxygen atoms in total. The number of aldehydes is 1. The van der Waals surface area contributed by atoms with E-state index in [9.17, 15) is 14.4 Å². The second kappa shape index (κ2) is 7.04. The highest BCUT2D eigenvalue weighted by atomic mass is 16.7. The lowest BCUT2D eigenvalue weighted by Gasteiger charge is -2.32. The largest absolute Gasteiger partial charge is 0.465 e. The summed E-state index contributed by atoms with van der Waals surface area (Å²) in [5.74, 6) is -0.665. The number of carboxylic acid groups (broad SMARTS) is 1. The van der Waals surface area contributed by atoms with E-state index in [1.807, 2.05) is 12.1 Å². The number of piperidine rings is 1. The predicted octanol–water partition coefficient (Wildman–Crippen LogP) is 1.64. The average molecular weight is 306 g/mol. The molecule has 2 amide bonds. The van der Waals surface area contributed by atoms with Gasteiger partial charge in [-0.25, -0.2) is 4.79 Å². The lowest BCUT2D eigenvalue weighted by Crippen LogP contribution is -2.37. The van der Waals surface area contributed by atoms with Gasteiger partial charge in [0.1, 0.15) is 0 Å². The Kier molecular flexibility index (Phi) is 5.11. The van der Waals surface area contributed by atoms with Crippen molar-refractivity contribution in [3.8, 4) is 0 Å². The Labute approximate surface area is 128 Å². The molecule has 1 N–H and O–H groups in total. The number of hydrogen-bond donors (Lipinski definition) is 1. The normalized spacial score (nSPS) is 15.4. The van der Waals surface area contributed by atoms with Gasteiger partial charge in [0.15, 0.2) is 0 Å². The molecule has 0 saturated carbocycles. The van der Waals surface area contributed by atoms with Gasteiger partial charge in [-0.05, 0) is 30.4 Å². The van der Waals surface area contributed by atoms with Crippen LogP contribution in [-0.2, 0) is 14.4 Å². The number of para-hydroxylation sites is 1. The van der Waals surface area contributed by atoms with Gasteiger partial charge in [-0.3, -0.25) is 14.4 Å². The number of anilines is 1. The van der Waals surface area contributed by atoms with Gasteiger partial charge in [0.2, 0.25) is 6.29 Å². The summed E-state index contributed by atoms with van der Waals surface area (Å²) in [6, 6.07) is 7.20. The molecule has 7 heteroatoms. The first kappa shape index (κ1) is 16.0. The van der Waals surface area contributed by atoms with E-state index in [0.717, 1.165) is 10.6 Å². The Bertz CT molecular complexity index is 567. The molecule has 1 heterocycles. The molecule has 0 aliphatic carbocycles. The second-order valence-electron chi connectivity index (χ2n) is 5.04. The summed E-state index contributed by atoms with van der Waals surface area (Å²) in [5, 5.41) is 9.96. The standard InChI is InChI=1S/C15H18N2O5/c1-22-17(14(19)10-18)13-5-3-2-4-12(13)11-6-8-16(9-7-11)15(20)21/h2-5,10-11H,6-9H2,1H3,(H,20,21). The van der Waals surface area contributed by atoms with Crippen LogP contribution in [0.2, 0.25) is 0 Å². The molecule has 118 valence electrons. The summed E-state index contributed by atoms with van der Waals surface area (Å²) in [5.41, 5.74) is 1.40. The second-order valence-corrected chi connectivity index (χ2v) is 5.04. The molecule has 1 aliphatic heterocycles. The molecule has 0 unspecified atom stereocenters. The van der Waals surface area contributed by atoms with Crippen molar-refractivity contribution in [3.63, 3.8) is 0 Å². The molecule has 1 aromatic carbocycles. The molecule has 1 aromatic rings. The molecule has 0 bridgehead atoms. The Morgan fingerprint density at radius 3 is 2.50 bits per heavy atom. The van der Waals surface area contributed by atoms with Crippen LogP contribution in [0.5, 0.6) is 0 Å². The van der Waals surface area contributed by atoms with Crippen molar-refractivity contribution in [2.75, 3.05) is 25.3 Å². The molecule has 2 rings (SSSR count). The number of nitrogens with zero attached hydrogens (tertiary/aromatic N) is 2. The van der Waals surface area contributed by atoms with Crippen LogP contribution < -0.4 is 5.06 Å². The van der Waals surface area contributed by atoms with Crippen molar-refractivity contribution in [2.45, 2.75) is 18.8 Å². The monoisotopic (exact) mass is 306 g/mol. The Morgan fingerprint density at radius 1 is 1.32 bits per heavy atom. The number of rotatable bonds is 4. The number of likely N-dealkylation sites (tertiary alicyclic amines) is 1. The zero-order chi connectivity index (χ0) is 16.1. The molecule has 0 radical (unpaired) electrons. The van der Waals surface area contributed by atoms with Crippen molar-refractivity contribution in [1.29, 1.82) is 0 Å². The van der Waals surface area contributed by atoms with Crippen LogP contribution in [0.4, 0.5) is 10.5 Å². The minimum absolute atomic E-state index is 0.115. The first-order valence-electron chi connectivity index (χ1n) is 6.98. The summed E-state index contributed by atoms with van der Waals surface area (Å²) in [7, 11) is 1.32. The van der Waals surface area contributed by atoms with E-state index >= 15 is 0 Å². The fraction of sp³-hybridized carbons (Fsp3) is 0.400. The van der Waals surface area contributed by atoms with Gasteiger partial charge < -0.3 is 10.0 Å². The van der Waals surface area contributed by atoms with E-state index in [4.69, 9.17) is 9.94 Å². The number of hydroxylamine groups is 1. The van der Waals surface area contributed by atoms with Gasteiger partial charge in [0.05, 0.1) is 12.8 Å². The van der Waals surface area contributed by atoms with E-state index < -0.39 is 12.0 Å². The van der Waals surface area contributed by atoms with Crippen LogP contribution in [0.1, 0.15) is 24.3 Å². The molecular weight excluding hydrogens is 288 g/mol. The van der Waals surface area contributed by atoms with Gasteiger partial charge >= 0.3 is 12.0 Å². The summed E-state index contributed by atoms with van der Waals surface area (Å²) in [6.07, 6.45) is 0.612. The average Bonchev–Trinajstić information content (AvgIpc) is 2.56. The van der Waals surface area contributed by atoms with Crippen molar-refractivity contribution in [3.05, 3.63) is 29.8 Å². The highest BCUT2D eigenvalue weighted by molar-refractivity contribution is 6.29. The SMILES string of the molecule is CON(C(=O)C=O)c1ccccc1C1CCN(C(=O)O)CC1. The van der Waals surface area contributed by atoms with E-state index in [1.165, 1.54) is 12.0 Å². The van der Waals surface area contributed by atoms with Crippen LogP contribution in [0.15, 0.2) is 24.3 Å². The molecule has 0 atom stereocenters. The third kappa shape index (κ3) is 3.25. The van der Waals surface area contributed by atoms with Crippen molar-refractivity contribution in [2.24, 2.45) is 0 Å². The summed E-state index contributed by atoms with van der Waals surface area (Å²) in [6.45, 7) is 0.895. The summed E-state index contributed by atoms with van der Waals surface area (Å²) >= 11 is 0. The predicted molar refractivity (Wildman–Crippen MR) is 78.6 cm³/mol. The van der Waals surface area contributed by atoms with E-state index in [0.29, 0.717) is 31.6 Å². The summed E-state index contributed by atoms with van der Waals surface area (Å²) in [4.78, 5) is 39.8. The number of hydrogen-bond acceptors (Lipinski definition) is 4. The zero-order valence-electron chi connectivity index (χ0n) is 12.3. The zero-order valence-corrected chi connectivity index (χ0v) is 12.3. The van der Waals surface area contributed by atoms with Crippen LogP contribution >= 0.6 is 0 Å². The molecule has 1 fully saturated rings. The summed E-state index contributed by atoms with van der Waals surface area (Å²) < 4.78 is 0. The highest BCUT2D eigenvalue weighted by Gasteiger charge is 2.27. The number of benzene rings is 1. The molecule has 0 aromatic heterocycles. The smallest absolute Gasteiger partial charge is 0.407 e. The Morgan fingerprint density at radius 2 is 1.95 bits per heavy atom. The van der Waals surface area contributed by atoms with Gasteiger partial charge in [0.25, 0.3) is 0 Å². The number of carbonyl (C=O) groups is 3. The van der Waals surface area contributed by atoms with E-state index in [-0.39, 0.29) is 12.2 Å².